The van der Waals surface area contributed by atoms with Gasteiger partial charge < -0.3 is 5.32 Å². The molecule has 0 radical (unpaired) electrons. The van der Waals surface area contributed by atoms with Crippen LogP contribution in [-0.2, 0) is 27.0 Å². The third-order valence-electron chi connectivity index (χ3n) is 5.16. The molecule has 9 heteroatoms. The van der Waals surface area contributed by atoms with Gasteiger partial charge in [0.2, 0.25) is 15.9 Å². The topological polar surface area (TPSA) is 66.5 Å². The third-order valence-corrected chi connectivity index (χ3v) is 7.64. The van der Waals surface area contributed by atoms with E-state index in [4.69, 9.17) is 23.2 Å². The van der Waals surface area contributed by atoms with Crippen molar-refractivity contribution < 1.29 is 17.6 Å². The summed E-state index contributed by atoms with van der Waals surface area (Å²) in [7, 11) is -3.67. The zero-order valence-corrected chi connectivity index (χ0v) is 18.6. The van der Waals surface area contributed by atoms with Crippen LogP contribution in [0, 0.1) is 11.7 Å². The Labute approximate surface area is 186 Å². The van der Waals surface area contributed by atoms with E-state index in [-0.39, 0.29) is 24.0 Å². The van der Waals surface area contributed by atoms with E-state index in [1.165, 1.54) is 16.4 Å². The van der Waals surface area contributed by atoms with Crippen LogP contribution in [0.3, 0.4) is 0 Å². The molecule has 1 aliphatic rings. The number of carbonyl (C=O) groups excluding carboxylic acids is 1. The lowest BCUT2D eigenvalue weighted by Gasteiger charge is -2.31. The van der Waals surface area contributed by atoms with Crippen molar-refractivity contribution in [1.82, 2.24) is 9.62 Å². The molecule has 30 heavy (non-hydrogen) atoms. The van der Waals surface area contributed by atoms with E-state index in [9.17, 15) is 17.6 Å². The van der Waals surface area contributed by atoms with Gasteiger partial charge in [-0.3, -0.25) is 4.79 Å². The minimum Gasteiger partial charge on any atom is -0.355 e. The molecule has 2 aromatic rings. The fourth-order valence-electron chi connectivity index (χ4n) is 3.48. The van der Waals surface area contributed by atoms with E-state index in [0.717, 1.165) is 5.56 Å². The Bertz CT molecular complexity index is 980. The number of sulfonamides is 1. The second-order valence-electron chi connectivity index (χ2n) is 7.32. The minimum atomic E-state index is -3.67. The van der Waals surface area contributed by atoms with Gasteiger partial charge in [0.05, 0.1) is 11.7 Å². The van der Waals surface area contributed by atoms with Gasteiger partial charge in [-0.2, -0.15) is 0 Å². The Hall–Kier alpha value is -1.67. The van der Waals surface area contributed by atoms with E-state index in [2.05, 4.69) is 5.32 Å². The maximum Gasteiger partial charge on any atom is 0.224 e. The smallest absolute Gasteiger partial charge is 0.224 e. The summed E-state index contributed by atoms with van der Waals surface area (Å²) >= 11 is 12.2. The number of nitrogens with zero attached hydrogens (tertiary/aromatic N) is 1. The number of benzene rings is 2. The Morgan fingerprint density at radius 1 is 1.13 bits per heavy atom. The molecule has 1 amide bonds. The molecule has 2 aromatic carbocycles. The van der Waals surface area contributed by atoms with Crippen molar-refractivity contribution >= 4 is 39.1 Å². The van der Waals surface area contributed by atoms with Crippen LogP contribution >= 0.6 is 23.2 Å². The number of carbonyl (C=O) groups is 1. The van der Waals surface area contributed by atoms with E-state index in [0.29, 0.717) is 48.0 Å². The molecule has 0 spiro atoms. The first-order chi connectivity index (χ1) is 14.3. The van der Waals surface area contributed by atoms with Gasteiger partial charge >= 0.3 is 0 Å². The molecule has 1 aliphatic heterocycles. The standard InChI is InChI=1S/C21H23Cl2FN2O3S/c22-19-4-1-5-20(23)18(19)14-30(28,29)26-12-2-3-16(13-26)21(27)25-11-10-15-6-8-17(24)9-7-15/h1,4-9,16H,2-3,10-14H2,(H,25,27). The first-order valence-corrected chi connectivity index (χ1v) is 12.1. The maximum atomic E-state index is 13.0. The van der Waals surface area contributed by atoms with Crippen molar-refractivity contribution in [2.75, 3.05) is 19.6 Å². The van der Waals surface area contributed by atoms with Gasteiger partial charge in [0.25, 0.3) is 0 Å². The molecule has 0 bridgehead atoms. The molecule has 5 nitrogen and oxygen atoms in total. The first kappa shape index (κ1) is 23.0. The van der Waals surface area contributed by atoms with Gasteiger partial charge in [-0.05, 0) is 49.1 Å². The molecule has 162 valence electrons. The van der Waals surface area contributed by atoms with Crippen LogP contribution in [0.15, 0.2) is 42.5 Å². The quantitative estimate of drug-likeness (QED) is 0.661. The molecule has 3 rings (SSSR count). The van der Waals surface area contributed by atoms with Crippen molar-refractivity contribution in [2.45, 2.75) is 25.0 Å². The second kappa shape index (κ2) is 10.1. The Morgan fingerprint density at radius 3 is 2.47 bits per heavy atom. The molecular formula is C21H23Cl2FN2O3S. The zero-order chi connectivity index (χ0) is 21.7. The highest BCUT2D eigenvalue weighted by Crippen LogP contribution is 2.29. The lowest BCUT2D eigenvalue weighted by atomic mass is 9.99. The SMILES string of the molecule is O=C(NCCc1ccc(F)cc1)C1CCCN(S(=O)(=O)Cc2c(Cl)cccc2Cl)C1. The number of hydrogen-bond donors (Lipinski definition) is 1. The van der Waals surface area contributed by atoms with Gasteiger partial charge in [0.15, 0.2) is 0 Å². The largest absolute Gasteiger partial charge is 0.355 e. The van der Waals surface area contributed by atoms with Gasteiger partial charge in [0, 0.05) is 35.2 Å². The van der Waals surface area contributed by atoms with E-state index < -0.39 is 15.9 Å². The summed E-state index contributed by atoms with van der Waals surface area (Å²) in [6.07, 6.45) is 1.80. The van der Waals surface area contributed by atoms with Crippen molar-refractivity contribution in [1.29, 1.82) is 0 Å². The number of halogens is 3. The fraction of sp³-hybridized carbons (Fsp3) is 0.381. The van der Waals surface area contributed by atoms with E-state index in [1.807, 2.05) is 0 Å². The molecule has 0 saturated carbocycles. The van der Waals surface area contributed by atoms with Crippen LogP contribution < -0.4 is 5.32 Å². The van der Waals surface area contributed by atoms with Crippen molar-refractivity contribution in [2.24, 2.45) is 5.92 Å². The predicted octanol–water partition coefficient (Wildman–Crippen LogP) is 4.03. The molecule has 0 aromatic heterocycles. The van der Waals surface area contributed by atoms with Gasteiger partial charge in [-0.25, -0.2) is 17.1 Å². The normalized spacial score (nSPS) is 17.6. The fourth-order valence-corrected chi connectivity index (χ4v) is 5.84. The van der Waals surface area contributed by atoms with Gasteiger partial charge in [0.1, 0.15) is 5.82 Å². The molecule has 1 fully saturated rings. The number of hydrogen-bond acceptors (Lipinski definition) is 3. The summed E-state index contributed by atoms with van der Waals surface area (Å²) in [5.74, 6) is -1.19. The Morgan fingerprint density at radius 2 is 1.80 bits per heavy atom. The molecule has 1 N–H and O–H groups in total. The third kappa shape index (κ3) is 5.94. The average molecular weight is 473 g/mol. The first-order valence-electron chi connectivity index (χ1n) is 9.69. The van der Waals surface area contributed by atoms with Crippen LogP contribution in [0.25, 0.3) is 0 Å². The Kier molecular flexibility index (Phi) is 7.74. The maximum absolute atomic E-state index is 13.0. The number of piperidine rings is 1. The van der Waals surface area contributed by atoms with Gasteiger partial charge in [-0.15, -0.1) is 0 Å². The van der Waals surface area contributed by atoms with Crippen LogP contribution in [-0.4, -0.2) is 38.3 Å². The van der Waals surface area contributed by atoms with Gasteiger partial charge in [-0.1, -0.05) is 41.4 Å². The van der Waals surface area contributed by atoms with Crippen molar-refractivity contribution in [3.05, 3.63) is 69.5 Å². The summed E-state index contributed by atoms with van der Waals surface area (Å²) in [5.41, 5.74) is 1.29. The summed E-state index contributed by atoms with van der Waals surface area (Å²) in [5, 5.41) is 3.47. The number of rotatable bonds is 7. The van der Waals surface area contributed by atoms with Crippen molar-refractivity contribution in [3.8, 4) is 0 Å². The minimum absolute atomic E-state index is 0.132. The zero-order valence-electron chi connectivity index (χ0n) is 16.3. The highest BCUT2D eigenvalue weighted by atomic mass is 35.5. The molecule has 1 atom stereocenters. The summed E-state index contributed by atoms with van der Waals surface area (Å²) in [4.78, 5) is 12.5. The van der Waals surface area contributed by atoms with E-state index >= 15 is 0 Å². The summed E-state index contributed by atoms with van der Waals surface area (Å²) in [6, 6.07) is 11.0. The monoisotopic (exact) mass is 472 g/mol. The van der Waals surface area contributed by atoms with Crippen LogP contribution in [0.4, 0.5) is 4.39 Å². The average Bonchev–Trinajstić information content (AvgIpc) is 2.72. The number of nitrogens with one attached hydrogen (secondary N) is 1. The Balaban J connectivity index is 1.57. The number of amides is 1. The molecular weight excluding hydrogens is 450 g/mol. The molecule has 0 aliphatic carbocycles. The predicted molar refractivity (Wildman–Crippen MR) is 116 cm³/mol. The van der Waals surface area contributed by atoms with Crippen LogP contribution in [0.2, 0.25) is 10.0 Å². The highest BCUT2D eigenvalue weighted by molar-refractivity contribution is 7.88. The van der Waals surface area contributed by atoms with Crippen LogP contribution in [0.1, 0.15) is 24.0 Å². The lowest BCUT2D eigenvalue weighted by Crippen LogP contribution is -2.46. The van der Waals surface area contributed by atoms with E-state index in [1.54, 1.807) is 30.3 Å². The molecule has 1 unspecified atom stereocenters. The lowest BCUT2D eigenvalue weighted by molar-refractivity contribution is -0.126. The molecule has 1 heterocycles. The summed E-state index contributed by atoms with van der Waals surface area (Å²) in [6.45, 7) is 0.902. The highest BCUT2D eigenvalue weighted by Gasteiger charge is 2.33. The second-order valence-corrected chi connectivity index (χ2v) is 10.1. The van der Waals surface area contributed by atoms with Crippen molar-refractivity contribution in [3.63, 3.8) is 0 Å². The molecule has 1 saturated heterocycles. The van der Waals surface area contributed by atoms with Crippen LogP contribution in [0.5, 0.6) is 0 Å². The summed E-state index contributed by atoms with van der Waals surface area (Å²) < 4.78 is 40.1.